The van der Waals surface area contributed by atoms with Crippen molar-refractivity contribution in [1.82, 2.24) is 0 Å². The van der Waals surface area contributed by atoms with Crippen molar-refractivity contribution >= 4 is 37.5 Å². The average Bonchev–Trinajstić information content (AvgIpc) is 2.41. The Morgan fingerprint density at radius 3 is 2.52 bits per heavy atom. The summed E-state index contributed by atoms with van der Waals surface area (Å²) in [5.74, 6) is -1.24. The summed E-state index contributed by atoms with van der Waals surface area (Å²) in [5.41, 5.74) is 0.0698. The fourth-order valence-electron chi connectivity index (χ4n) is 1.68. The van der Waals surface area contributed by atoms with Gasteiger partial charge in [0.15, 0.2) is 0 Å². The molecule has 0 fully saturated rings. The van der Waals surface area contributed by atoms with Crippen LogP contribution in [0.25, 0.3) is 0 Å². The second-order valence-corrected chi connectivity index (χ2v) is 6.50. The molecule has 0 heterocycles. The van der Waals surface area contributed by atoms with Crippen LogP contribution in [0.4, 0.5) is 10.1 Å². The minimum atomic E-state index is -3.98. The summed E-state index contributed by atoms with van der Waals surface area (Å²) in [5, 5.41) is 7.48. The van der Waals surface area contributed by atoms with Crippen LogP contribution in [0.2, 0.25) is 0 Å². The van der Waals surface area contributed by atoms with Gasteiger partial charge in [-0.15, -0.1) is 0 Å². The molecule has 2 aromatic carbocycles. The maximum atomic E-state index is 13.2. The molecule has 0 aliphatic carbocycles. The van der Waals surface area contributed by atoms with Crippen LogP contribution < -0.4 is 10.5 Å². The summed E-state index contributed by atoms with van der Waals surface area (Å²) in [7, 11) is -3.98. The minimum absolute atomic E-state index is 0.0289. The number of para-hydroxylation sites is 1. The van der Waals surface area contributed by atoms with Crippen LogP contribution in [0.5, 0.6) is 0 Å². The summed E-state index contributed by atoms with van der Waals surface area (Å²) in [6.45, 7) is 0. The Morgan fingerprint density at radius 1 is 1.19 bits per heavy atom. The molecule has 0 aliphatic heterocycles. The van der Waals surface area contributed by atoms with E-state index in [9.17, 15) is 17.6 Å². The highest BCUT2D eigenvalue weighted by atomic mass is 79.9. The molecule has 1 amide bonds. The smallest absolute Gasteiger partial charge is 0.256 e. The third kappa shape index (κ3) is 3.66. The predicted molar refractivity (Wildman–Crippen MR) is 79.9 cm³/mol. The van der Waals surface area contributed by atoms with Crippen LogP contribution in [0, 0.1) is 5.82 Å². The quantitative estimate of drug-likeness (QED) is 0.866. The molecular formula is C13H10BrFN2O3S. The number of carbonyl (C=O) groups is 1. The SMILES string of the molecule is NS(=O)(=O)c1ccccc1NC(=O)c1cc(F)ccc1Br. The van der Waals surface area contributed by atoms with Gasteiger partial charge in [0, 0.05) is 4.47 Å². The van der Waals surface area contributed by atoms with Crippen LogP contribution in [-0.2, 0) is 10.0 Å². The van der Waals surface area contributed by atoms with Crippen LogP contribution in [-0.4, -0.2) is 14.3 Å². The number of nitrogens with one attached hydrogen (secondary N) is 1. The molecule has 5 nitrogen and oxygen atoms in total. The minimum Gasteiger partial charge on any atom is -0.321 e. The van der Waals surface area contributed by atoms with Gasteiger partial charge >= 0.3 is 0 Å². The second kappa shape index (κ2) is 5.92. The Morgan fingerprint density at radius 2 is 1.86 bits per heavy atom. The Labute approximate surface area is 129 Å². The normalized spacial score (nSPS) is 11.2. The first-order valence-electron chi connectivity index (χ1n) is 5.67. The molecular weight excluding hydrogens is 363 g/mol. The summed E-state index contributed by atoms with van der Waals surface area (Å²) in [6, 6.07) is 9.31. The Balaban J connectivity index is 2.39. The highest BCUT2D eigenvalue weighted by Gasteiger charge is 2.17. The van der Waals surface area contributed by atoms with Crippen LogP contribution in [0.15, 0.2) is 51.8 Å². The fraction of sp³-hybridized carbons (Fsp3) is 0. The highest BCUT2D eigenvalue weighted by Crippen LogP contribution is 2.23. The first-order chi connectivity index (χ1) is 9.79. The average molecular weight is 373 g/mol. The van der Waals surface area contributed by atoms with E-state index in [2.05, 4.69) is 21.2 Å². The van der Waals surface area contributed by atoms with Crippen molar-refractivity contribution in [2.45, 2.75) is 4.90 Å². The van der Waals surface area contributed by atoms with E-state index in [-0.39, 0.29) is 16.1 Å². The molecule has 2 aromatic rings. The van der Waals surface area contributed by atoms with Gasteiger partial charge in [0.1, 0.15) is 10.7 Å². The van der Waals surface area contributed by atoms with Crippen LogP contribution >= 0.6 is 15.9 Å². The maximum absolute atomic E-state index is 13.2. The van der Waals surface area contributed by atoms with Gasteiger partial charge in [-0.05, 0) is 46.3 Å². The number of anilines is 1. The van der Waals surface area contributed by atoms with E-state index in [0.29, 0.717) is 4.47 Å². The molecule has 0 saturated carbocycles. The Kier molecular flexibility index (Phi) is 4.40. The molecule has 0 bridgehead atoms. The monoisotopic (exact) mass is 372 g/mol. The summed E-state index contributed by atoms with van der Waals surface area (Å²) in [6.07, 6.45) is 0. The number of carbonyl (C=O) groups excluding carboxylic acids is 1. The largest absolute Gasteiger partial charge is 0.321 e. The second-order valence-electron chi connectivity index (χ2n) is 4.12. The maximum Gasteiger partial charge on any atom is 0.256 e. The van der Waals surface area contributed by atoms with Crippen LogP contribution in [0.1, 0.15) is 10.4 Å². The molecule has 0 unspecified atom stereocenters. The number of rotatable bonds is 3. The zero-order chi connectivity index (χ0) is 15.6. The van der Waals surface area contributed by atoms with Crippen molar-refractivity contribution < 1.29 is 17.6 Å². The van der Waals surface area contributed by atoms with Crippen molar-refractivity contribution in [2.24, 2.45) is 5.14 Å². The number of hydrogen-bond acceptors (Lipinski definition) is 3. The number of halogens is 2. The third-order valence-electron chi connectivity index (χ3n) is 2.61. The first-order valence-corrected chi connectivity index (χ1v) is 8.01. The zero-order valence-electron chi connectivity index (χ0n) is 10.5. The van der Waals surface area contributed by atoms with Gasteiger partial charge in [-0.3, -0.25) is 4.79 Å². The lowest BCUT2D eigenvalue weighted by atomic mass is 10.2. The molecule has 110 valence electrons. The van der Waals surface area contributed by atoms with E-state index < -0.39 is 21.7 Å². The number of sulfonamides is 1. The van der Waals surface area contributed by atoms with Gasteiger partial charge < -0.3 is 5.32 Å². The van der Waals surface area contributed by atoms with Crippen molar-refractivity contribution in [2.75, 3.05) is 5.32 Å². The highest BCUT2D eigenvalue weighted by molar-refractivity contribution is 9.10. The van der Waals surface area contributed by atoms with Gasteiger partial charge in [0.25, 0.3) is 5.91 Å². The fourth-order valence-corrected chi connectivity index (χ4v) is 2.80. The van der Waals surface area contributed by atoms with Crippen LogP contribution in [0.3, 0.4) is 0 Å². The molecule has 0 spiro atoms. The van der Waals surface area contributed by atoms with Crippen molar-refractivity contribution in [3.05, 3.63) is 58.3 Å². The van der Waals surface area contributed by atoms with Crippen molar-refractivity contribution in [1.29, 1.82) is 0 Å². The van der Waals surface area contributed by atoms with E-state index in [1.165, 1.54) is 30.3 Å². The van der Waals surface area contributed by atoms with E-state index in [0.717, 1.165) is 6.07 Å². The molecule has 0 saturated heterocycles. The number of amides is 1. The predicted octanol–water partition coefficient (Wildman–Crippen LogP) is 2.49. The van der Waals surface area contributed by atoms with Crippen molar-refractivity contribution in [3.63, 3.8) is 0 Å². The van der Waals surface area contributed by atoms with Gasteiger partial charge in [-0.25, -0.2) is 17.9 Å². The molecule has 3 N–H and O–H groups in total. The zero-order valence-corrected chi connectivity index (χ0v) is 12.9. The standard InChI is InChI=1S/C13H10BrFN2O3S/c14-10-6-5-8(15)7-9(10)13(18)17-11-3-1-2-4-12(11)21(16,19)20/h1-7H,(H,17,18)(H2,16,19,20). The summed E-state index contributed by atoms with van der Waals surface area (Å²) in [4.78, 5) is 11.9. The molecule has 2 rings (SSSR count). The number of primary sulfonamides is 1. The first kappa shape index (κ1) is 15.6. The lowest BCUT2D eigenvalue weighted by Gasteiger charge is -2.10. The number of benzene rings is 2. The molecule has 8 heteroatoms. The molecule has 21 heavy (non-hydrogen) atoms. The van der Waals surface area contributed by atoms with Gasteiger partial charge in [0.2, 0.25) is 10.0 Å². The molecule has 0 atom stereocenters. The van der Waals surface area contributed by atoms with Gasteiger partial charge in [-0.1, -0.05) is 12.1 Å². The van der Waals surface area contributed by atoms with E-state index in [1.54, 1.807) is 6.07 Å². The lowest BCUT2D eigenvalue weighted by molar-refractivity contribution is 0.102. The third-order valence-corrected chi connectivity index (χ3v) is 4.28. The topological polar surface area (TPSA) is 89.3 Å². The van der Waals surface area contributed by atoms with E-state index in [1.807, 2.05) is 0 Å². The Hall–Kier alpha value is -1.77. The lowest BCUT2D eigenvalue weighted by Crippen LogP contribution is -2.18. The Bertz CT molecular complexity index is 809. The van der Waals surface area contributed by atoms with E-state index >= 15 is 0 Å². The van der Waals surface area contributed by atoms with E-state index in [4.69, 9.17) is 5.14 Å². The van der Waals surface area contributed by atoms with Gasteiger partial charge in [-0.2, -0.15) is 0 Å². The summed E-state index contributed by atoms with van der Waals surface area (Å²) >= 11 is 3.13. The van der Waals surface area contributed by atoms with Gasteiger partial charge in [0.05, 0.1) is 11.3 Å². The molecule has 0 radical (unpaired) electrons. The molecule has 0 aromatic heterocycles. The summed E-state index contributed by atoms with van der Waals surface area (Å²) < 4.78 is 36.5. The van der Waals surface area contributed by atoms with Crippen molar-refractivity contribution in [3.8, 4) is 0 Å². The molecule has 0 aliphatic rings. The number of hydrogen-bond donors (Lipinski definition) is 2. The number of nitrogens with two attached hydrogens (primary N) is 1.